The summed E-state index contributed by atoms with van der Waals surface area (Å²) in [6.07, 6.45) is 2.89. The summed E-state index contributed by atoms with van der Waals surface area (Å²) in [6, 6.07) is 3.29. The maximum absolute atomic E-state index is 13.4. The quantitative estimate of drug-likeness (QED) is 0.861. The number of hydrogen-bond donors (Lipinski definition) is 0. The minimum atomic E-state index is -0.124. The van der Waals surface area contributed by atoms with E-state index >= 15 is 0 Å². The Labute approximate surface area is 118 Å². The van der Waals surface area contributed by atoms with Crippen LogP contribution in [-0.4, -0.2) is 26.4 Å². The summed E-state index contributed by atoms with van der Waals surface area (Å²) in [5.41, 5.74) is 4.45. The molecular formula is C15H19FN4. The van der Waals surface area contributed by atoms with Gasteiger partial charge in [0.2, 0.25) is 0 Å². The van der Waals surface area contributed by atoms with Crippen molar-refractivity contribution in [2.45, 2.75) is 39.9 Å². The van der Waals surface area contributed by atoms with Gasteiger partial charge in [-0.05, 0) is 49.1 Å². The number of nitrogens with zero attached hydrogens (tertiary/aromatic N) is 4. The van der Waals surface area contributed by atoms with E-state index in [1.54, 1.807) is 12.1 Å². The molecule has 0 saturated carbocycles. The number of aryl methyl sites for hydroxylation is 2. The number of rotatable bonds is 3. The summed E-state index contributed by atoms with van der Waals surface area (Å²) in [7, 11) is 0. The van der Waals surface area contributed by atoms with E-state index in [0.29, 0.717) is 0 Å². The molecule has 0 N–H and O–H groups in total. The molecule has 0 amide bonds. The molecule has 2 heterocycles. The van der Waals surface area contributed by atoms with Gasteiger partial charge in [0.25, 0.3) is 0 Å². The predicted octanol–water partition coefficient (Wildman–Crippen LogP) is 2.30. The second-order valence-corrected chi connectivity index (χ2v) is 5.39. The zero-order valence-electron chi connectivity index (χ0n) is 11.9. The molecule has 0 fully saturated rings. The summed E-state index contributed by atoms with van der Waals surface area (Å²) in [5.74, 6) is -0.124. The molecule has 4 nitrogen and oxygen atoms in total. The number of fused-ring (bicyclic) bond motifs is 1. The van der Waals surface area contributed by atoms with E-state index in [9.17, 15) is 4.39 Å². The zero-order chi connectivity index (χ0) is 14.1. The van der Waals surface area contributed by atoms with E-state index in [1.807, 2.05) is 24.7 Å². The van der Waals surface area contributed by atoms with Crippen LogP contribution in [0.1, 0.15) is 29.3 Å². The molecule has 3 rings (SSSR count). The van der Waals surface area contributed by atoms with Gasteiger partial charge in [-0.1, -0.05) is 5.21 Å². The lowest BCUT2D eigenvalue weighted by Gasteiger charge is -2.29. The van der Waals surface area contributed by atoms with Crippen LogP contribution in [-0.2, 0) is 26.1 Å². The Morgan fingerprint density at radius 3 is 2.95 bits per heavy atom. The van der Waals surface area contributed by atoms with Crippen molar-refractivity contribution in [3.63, 3.8) is 0 Å². The molecule has 0 radical (unpaired) electrons. The van der Waals surface area contributed by atoms with Crippen molar-refractivity contribution < 1.29 is 4.39 Å². The minimum Gasteiger partial charge on any atom is -0.293 e. The van der Waals surface area contributed by atoms with Crippen molar-refractivity contribution in [2.24, 2.45) is 0 Å². The summed E-state index contributed by atoms with van der Waals surface area (Å²) >= 11 is 0. The standard InChI is InChI=1S/C15H19FN4/c1-3-20-9-14(17-18-20)8-19-5-4-12-7-13(16)6-11(2)15(12)10-19/h6-7,9H,3-5,8,10H2,1-2H3. The Balaban J connectivity index is 1.75. The largest absolute Gasteiger partial charge is 0.293 e. The lowest BCUT2D eigenvalue weighted by Crippen LogP contribution is -2.30. The summed E-state index contributed by atoms with van der Waals surface area (Å²) in [4.78, 5) is 2.34. The zero-order valence-corrected chi connectivity index (χ0v) is 11.9. The van der Waals surface area contributed by atoms with Gasteiger partial charge >= 0.3 is 0 Å². The van der Waals surface area contributed by atoms with Gasteiger partial charge in [-0.25, -0.2) is 4.39 Å². The predicted molar refractivity (Wildman–Crippen MR) is 74.7 cm³/mol. The Morgan fingerprint density at radius 1 is 1.35 bits per heavy atom. The molecule has 0 bridgehead atoms. The molecule has 2 aromatic rings. The fraction of sp³-hybridized carbons (Fsp3) is 0.467. The van der Waals surface area contributed by atoms with Gasteiger partial charge in [-0.3, -0.25) is 9.58 Å². The molecule has 20 heavy (non-hydrogen) atoms. The number of halogens is 1. The van der Waals surface area contributed by atoms with Crippen LogP contribution in [0.15, 0.2) is 18.3 Å². The normalized spacial score (nSPS) is 15.3. The molecular weight excluding hydrogens is 255 g/mol. The highest BCUT2D eigenvalue weighted by Crippen LogP contribution is 2.24. The van der Waals surface area contributed by atoms with Crippen LogP contribution in [0, 0.1) is 12.7 Å². The highest BCUT2D eigenvalue weighted by atomic mass is 19.1. The maximum atomic E-state index is 13.4. The van der Waals surface area contributed by atoms with Gasteiger partial charge < -0.3 is 0 Å². The SMILES string of the molecule is CCn1cc(CN2CCc3cc(F)cc(C)c3C2)nn1. The molecule has 0 spiro atoms. The number of hydrogen-bond acceptors (Lipinski definition) is 3. The summed E-state index contributed by atoms with van der Waals surface area (Å²) in [5, 5.41) is 8.25. The van der Waals surface area contributed by atoms with Crippen molar-refractivity contribution >= 4 is 0 Å². The third-order valence-electron chi connectivity index (χ3n) is 3.90. The molecule has 0 aliphatic carbocycles. The van der Waals surface area contributed by atoms with Crippen molar-refractivity contribution in [2.75, 3.05) is 6.54 Å². The fourth-order valence-electron chi connectivity index (χ4n) is 2.80. The van der Waals surface area contributed by atoms with Crippen LogP contribution < -0.4 is 0 Å². The third kappa shape index (κ3) is 2.58. The Hall–Kier alpha value is -1.75. The van der Waals surface area contributed by atoms with Crippen LogP contribution in [0.25, 0.3) is 0 Å². The van der Waals surface area contributed by atoms with Gasteiger partial charge in [0.15, 0.2) is 0 Å². The molecule has 1 aromatic carbocycles. The molecule has 1 aromatic heterocycles. The Bertz CT molecular complexity index is 620. The van der Waals surface area contributed by atoms with E-state index in [-0.39, 0.29) is 5.82 Å². The van der Waals surface area contributed by atoms with Gasteiger partial charge in [-0.15, -0.1) is 5.10 Å². The van der Waals surface area contributed by atoms with Crippen molar-refractivity contribution in [3.05, 3.63) is 46.5 Å². The first-order valence-electron chi connectivity index (χ1n) is 7.05. The topological polar surface area (TPSA) is 34.0 Å². The molecule has 0 saturated heterocycles. The third-order valence-corrected chi connectivity index (χ3v) is 3.90. The van der Waals surface area contributed by atoms with Crippen LogP contribution in [0.3, 0.4) is 0 Å². The van der Waals surface area contributed by atoms with Crippen LogP contribution in [0.2, 0.25) is 0 Å². The molecule has 1 aliphatic heterocycles. The number of benzene rings is 1. The second kappa shape index (κ2) is 5.32. The minimum absolute atomic E-state index is 0.124. The fourth-order valence-corrected chi connectivity index (χ4v) is 2.80. The number of aromatic nitrogens is 3. The van der Waals surface area contributed by atoms with Crippen molar-refractivity contribution in [3.8, 4) is 0 Å². The van der Waals surface area contributed by atoms with Gasteiger partial charge in [0, 0.05) is 32.4 Å². The highest BCUT2D eigenvalue weighted by Gasteiger charge is 2.19. The second-order valence-electron chi connectivity index (χ2n) is 5.39. The average molecular weight is 274 g/mol. The first-order chi connectivity index (χ1) is 9.65. The van der Waals surface area contributed by atoms with Gasteiger partial charge in [0.1, 0.15) is 5.82 Å². The first kappa shape index (κ1) is 13.2. The van der Waals surface area contributed by atoms with Crippen LogP contribution >= 0.6 is 0 Å². The van der Waals surface area contributed by atoms with Crippen LogP contribution in [0.4, 0.5) is 4.39 Å². The molecule has 0 unspecified atom stereocenters. The van der Waals surface area contributed by atoms with E-state index in [2.05, 4.69) is 15.2 Å². The van der Waals surface area contributed by atoms with E-state index < -0.39 is 0 Å². The molecule has 1 aliphatic rings. The van der Waals surface area contributed by atoms with E-state index in [4.69, 9.17) is 0 Å². The Kier molecular flexibility index (Phi) is 3.53. The lowest BCUT2D eigenvalue weighted by atomic mass is 9.95. The van der Waals surface area contributed by atoms with Gasteiger partial charge in [0.05, 0.1) is 5.69 Å². The van der Waals surface area contributed by atoms with Crippen LogP contribution in [0.5, 0.6) is 0 Å². The average Bonchev–Trinajstić information content (AvgIpc) is 2.87. The maximum Gasteiger partial charge on any atom is 0.123 e. The van der Waals surface area contributed by atoms with Crippen molar-refractivity contribution in [1.82, 2.24) is 19.9 Å². The van der Waals surface area contributed by atoms with E-state index in [0.717, 1.165) is 49.4 Å². The lowest BCUT2D eigenvalue weighted by molar-refractivity contribution is 0.241. The smallest absolute Gasteiger partial charge is 0.123 e. The summed E-state index contributed by atoms with van der Waals surface area (Å²) in [6.45, 7) is 7.48. The molecule has 0 atom stereocenters. The van der Waals surface area contributed by atoms with Gasteiger partial charge in [-0.2, -0.15) is 0 Å². The summed E-state index contributed by atoms with van der Waals surface area (Å²) < 4.78 is 15.2. The van der Waals surface area contributed by atoms with Crippen molar-refractivity contribution in [1.29, 1.82) is 0 Å². The molecule has 5 heteroatoms. The Morgan fingerprint density at radius 2 is 2.20 bits per heavy atom. The monoisotopic (exact) mass is 274 g/mol. The van der Waals surface area contributed by atoms with E-state index in [1.165, 1.54) is 5.56 Å². The molecule has 106 valence electrons. The highest BCUT2D eigenvalue weighted by molar-refractivity contribution is 5.36. The first-order valence-corrected chi connectivity index (χ1v) is 7.05.